The molecule has 7 nitrogen and oxygen atoms in total. The molecule has 0 fully saturated rings. The summed E-state index contributed by atoms with van der Waals surface area (Å²) in [6.07, 6.45) is 2.91. The highest BCUT2D eigenvalue weighted by molar-refractivity contribution is 7.17. The quantitative estimate of drug-likeness (QED) is 0.503. The number of carbonyl (C=O) groups is 4. The summed E-state index contributed by atoms with van der Waals surface area (Å²) >= 11 is 1.38. The summed E-state index contributed by atoms with van der Waals surface area (Å²) < 4.78 is 5.23. The van der Waals surface area contributed by atoms with Crippen LogP contribution < -0.4 is 5.32 Å². The molecule has 168 valence electrons. The number of aryl methyl sites for hydroxylation is 1. The van der Waals surface area contributed by atoms with E-state index < -0.39 is 29.7 Å². The molecule has 1 atom stereocenters. The van der Waals surface area contributed by atoms with Crippen LogP contribution in [-0.4, -0.2) is 41.2 Å². The fraction of sp³-hybridized carbons (Fsp3) is 0.417. The van der Waals surface area contributed by atoms with Crippen molar-refractivity contribution in [1.29, 1.82) is 0 Å². The lowest BCUT2D eigenvalue weighted by atomic mass is 10.0. The van der Waals surface area contributed by atoms with Gasteiger partial charge in [0.25, 0.3) is 11.8 Å². The molecule has 0 spiro atoms. The molecule has 4 rings (SSSR count). The van der Waals surface area contributed by atoms with Gasteiger partial charge in [-0.2, -0.15) is 0 Å². The van der Waals surface area contributed by atoms with Crippen molar-refractivity contribution < 1.29 is 23.9 Å². The molecule has 1 N–H and O–H groups in total. The van der Waals surface area contributed by atoms with E-state index in [-0.39, 0.29) is 12.5 Å². The normalized spacial score (nSPS) is 15.7. The van der Waals surface area contributed by atoms with E-state index >= 15 is 0 Å². The third-order valence-electron chi connectivity index (χ3n) is 5.77. The van der Waals surface area contributed by atoms with Crippen molar-refractivity contribution in [2.75, 3.05) is 11.9 Å². The third kappa shape index (κ3) is 3.83. The highest BCUT2D eigenvalue weighted by Crippen LogP contribution is 2.40. The van der Waals surface area contributed by atoms with Crippen LogP contribution in [0.4, 0.5) is 5.00 Å². The Labute approximate surface area is 190 Å². The molecule has 2 aromatic rings. The first-order valence-electron chi connectivity index (χ1n) is 10.9. The van der Waals surface area contributed by atoms with Crippen molar-refractivity contribution in [3.63, 3.8) is 0 Å². The van der Waals surface area contributed by atoms with Gasteiger partial charge in [-0.25, -0.2) is 4.79 Å². The first-order valence-corrected chi connectivity index (χ1v) is 11.7. The van der Waals surface area contributed by atoms with Crippen LogP contribution in [0.3, 0.4) is 0 Å². The summed E-state index contributed by atoms with van der Waals surface area (Å²) in [7, 11) is 0. The van der Waals surface area contributed by atoms with Crippen molar-refractivity contribution in [1.82, 2.24) is 4.90 Å². The van der Waals surface area contributed by atoms with Gasteiger partial charge in [-0.1, -0.05) is 26.0 Å². The number of benzene rings is 1. The van der Waals surface area contributed by atoms with Gasteiger partial charge in [-0.15, -0.1) is 11.3 Å². The second kappa shape index (κ2) is 8.86. The molecule has 0 saturated heterocycles. The van der Waals surface area contributed by atoms with E-state index in [9.17, 15) is 19.2 Å². The van der Waals surface area contributed by atoms with Crippen LogP contribution in [0.15, 0.2) is 24.3 Å². The zero-order valence-electron chi connectivity index (χ0n) is 18.4. The Balaban J connectivity index is 1.66. The van der Waals surface area contributed by atoms with Crippen molar-refractivity contribution in [2.45, 2.75) is 52.5 Å². The minimum atomic E-state index is -0.977. The Morgan fingerprint density at radius 1 is 1.12 bits per heavy atom. The number of amides is 3. The van der Waals surface area contributed by atoms with Crippen LogP contribution >= 0.6 is 11.3 Å². The number of carbonyl (C=O) groups excluding carboxylic acids is 4. The predicted molar refractivity (Wildman–Crippen MR) is 121 cm³/mol. The molecule has 2 heterocycles. The molecule has 0 saturated carbocycles. The molecular formula is C24H26N2O5S. The number of imide groups is 1. The van der Waals surface area contributed by atoms with E-state index in [1.807, 2.05) is 13.8 Å². The maximum absolute atomic E-state index is 13.4. The third-order valence-corrected chi connectivity index (χ3v) is 6.98. The number of rotatable bonds is 7. The molecule has 2 aliphatic rings. The van der Waals surface area contributed by atoms with Gasteiger partial charge in [0.05, 0.1) is 23.3 Å². The predicted octanol–water partition coefficient (Wildman–Crippen LogP) is 4.06. The van der Waals surface area contributed by atoms with Crippen molar-refractivity contribution in [3.8, 4) is 0 Å². The number of nitrogens with one attached hydrogen (secondary N) is 1. The molecule has 3 amide bonds. The summed E-state index contributed by atoms with van der Waals surface area (Å²) in [4.78, 5) is 54.2. The Hall–Kier alpha value is -3.00. The Bertz CT molecular complexity index is 1070. The standard InChI is InChI=1S/C24H26N2O5S/c1-4-31-24(30)19-16-10-7-11-18(16)32-21(19)25-20(27)17(12-13(2)3)26-22(28)14-8-5-6-9-15(14)23(26)29/h5-6,8-9,13,17H,4,7,10-12H2,1-3H3,(H,25,27)/t17-/m0/s1. The number of hydrogen-bond donors (Lipinski definition) is 1. The van der Waals surface area contributed by atoms with Gasteiger partial charge in [0.2, 0.25) is 5.91 Å². The van der Waals surface area contributed by atoms with Crippen molar-refractivity contribution >= 4 is 40.0 Å². The van der Waals surface area contributed by atoms with Crippen molar-refractivity contribution in [3.05, 3.63) is 51.4 Å². The van der Waals surface area contributed by atoms with Gasteiger partial charge in [-0.3, -0.25) is 19.3 Å². The van der Waals surface area contributed by atoms with E-state index in [1.54, 1.807) is 31.2 Å². The smallest absolute Gasteiger partial charge is 0.341 e. The van der Waals surface area contributed by atoms with Gasteiger partial charge in [0.15, 0.2) is 0 Å². The average Bonchev–Trinajstić information content (AvgIpc) is 3.39. The number of fused-ring (bicyclic) bond motifs is 2. The molecule has 0 bridgehead atoms. The van der Waals surface area contributed by atoms with Crippen LogP contribution in [0.25, 0.3) is 0 Å². The number of hydrogen-bond acceptors (Lipinski definition) is 6. The van der Waals surface area contributed by atoms with Gasteiger partial charge in [0.1, 0.15) is 11.0 Å². The fourth-order valence-electron chi connectivity index (χ4n) is 4.37. The van der Waals surface area contributed by atoms with Crippen LogP contribution in [-0.2, 0) is 22.4 Å². The minimum Gasteiger partial charge on any atom is -0.462 e. The number of ether oxygens (including phenoxy) is 1. The summed E-state index contributed by atoms with van der Waals surface area (Å²) in [5, 5.41) is 3.30. The maximum Gasteiger partial charge on any atom is 0.341 e. The number of thiophene rings is 1. The van der Waals surface area contributed by atoms with E-state index in [2.05, 4.69) is 5.32 Å². The average molecular weight is 455 g/mol. The fourth-order valence-corrected chi connectivity index (χ4v) is 5.65. The monoisotopic (exact) mass is 454 g/mol. The second-order valence-corrected chi connectivity index (χ2v) is 9.55. The second-order valence-electron chi connectivity index (χ2n) is 8.44. The lowest BCUT2D eigenvalue weighted by molar-refractivity contribution is -0.120. The van der Waals surface area contributed by atoms with E-state index in [4.69, 9.17) is 4.74 Å². The zero-order valence-corrected chi connectivity index (χ0v) is 19.2. The SMILES string of the molecule is CCOC(=O)c1c(NC(=O)[C@H](CC(C)C)N2C(=O)c3ccccc3C2=O)sc2c1CCC2. The van der Waals surface area contributed by atoms with E-state index in [1.165, 1.54) is 11.3 Å². The van der Waals surface area contributed by atoms with Gasteiger partial charge < -0.3 is 10.1 Å². The molecular weight excluding hydrogens is 428 g/mol. The van der Waals surface area contributed by atoms with Crippen LogP contribution in [0.2, 0.25) is 0 Å². The largest absolute Gasteiger partial charge is 0.462 e. The number of esters is 1. The van der Waals surface area contributed by atoms with E-state index in [0.29, 0.717) is 28.1 Å². The Morgan fingerprint density at radius 2 is 1.78 bits per heavy atom. The molecule has 0 radical (unpaired) electrons. The number of anilines is 1. The zero-order chi connectivity index (χ0) is 23.0. The highest BCUT2D eigenvalue weighted by Gasteiger charge is 2.43. The Kier molecular flexibility index (Phi) is 6.15. The van der Waals surface area contributed by atoms with Gasteiger partial charge in [-0.05, 0) is 56.2 Å². The Morgan fingerprint density at radius 3 is 2.38 bits per heavy atom. The summed E-state index contributed by atoms with van der Waals surface area (Å²) in [5.41, 5.74) is 1.95. The number of nitrogens with zero attached hydrogens (tertiary/aromatic N) is 1. The molecule has 8 heteroatoms. The molecule has 32 heavy (non-hydrogen) atoms. The molecule has 1 aromatic heterocycles. The highest BCUT2D eigenvalue weighted by atomic mass is 32.1. The minimum absolute atomic E-state index is 0.0629. The molecule has 1 aliphatic carbocycles. The van der Waals surface area contributed by atoms with Crippen LogP contribution in [0.5, 0.6) is 0 Å². The van der Waals surface area contributed by atoms with Crippen LogP contribution in [0.1, 0.15) is 75.1 Å². The lowest BCUT2D eigenvalue weighted by Gasteiger charge is -2.26. The van der Waals surface area contributed by atoms with Gasteiger partial charge >= 0.3 is 5.97 Å². The maximum atomic E-state index is 13.4. The summed E-state index contributed by atoms with van der Waals surface area (Å²) in [5.74, 6) is -1.80. The van der Waals surface area contributed by atoms with Crippen LogP contribution in [0, 0.1) is 5.92 Å². The van der Waals surface area contributed by atoms with E-state index in [0.717, 1.165) is 34.6 Å². The first-order chi connectivity index (χ1) is 15.3. The molecule has 1 aromatic carbocycles. The topological polar surface area (TPSA) is 92.8 Å². The lowest BCUT2D eigenvalue weighted by Crippen LogP contribution is -2.48. The molecule has 0 unspecified atom stereocenters. The van der Waals surface area contributed by atoms with Crippen molar-refractivity contribution in [2.24, 2.45) is 5.92 Å². The van der Waals surface area contributed by atoms with Gasteiger partial charge in [0, 0.05) is 4.88 Å². The molecule has 1 aliphatic heterocycles. The summed E-state index contributed by atoms with van der Waals surface area (Å²) in [6, 6.07) is 5.62. The first kappa shape index (κ1) is 22.2. The summed E-state index contributed by atoms with van der Waals surface area (Å²) in [6.45, 7) is 5.84.